The van der Waals surface area contributed by atoms with Crippen molar-refractivity contribution < 1.29 is 4.79 Å². The maximum atomic E-state index is 12.6. The molecule has 2 aliphatic rings. The Hall–Kier alpha value is -0.570. The van der Waals surface area contributed by atoms with E-state index in [4.69, 9.17) is 5.73 Å². The molecule has 0 unspecified atom stereocenters. The molecule has 1 saturated heterocycles. The van der Waals surface area contributed by atoms with E-state index in [0.29, 0.717) is 17.4 Å². The van der Waals surface area contributed by atoms with E-state index in [9.17, 15) is 4.79 Å². The molecule has 104 valence electrons. The Kier molecular flexibility index (Phi) is 4.00. The zero-order chi connectivity index (χ0) is 13.3. The first-order valence-corrected chi connectivity index (χ1v) is 7.43. The molecule has 2 N–H and O–H groups in total. The summed E-state index contributed by atoms with van der Waals surface area (Å²) in [4.78, 5) is 14.7. The zero-order valence-electron chi connectivity index (χ0n) is 12.1. The average Bonchev–Trinajstić information content (AvgIpc) is 2.84. The normalized spacial score (nSPS) is 33.1. The molecular weight excluding hydrogens is 224 g/mol. The van der Waals surface area contributed by atoms with Gasteiger partial charge in [0.05, 0.1) is 0 Å². The molecule has 0 spiro atoms. The van der Waals surface area contributed by atoms with Gasteiger partial charge in [0.25, 0.3) is 0 Å². The third kappa shape index (κ3) is 3.25. The van der Waals surface area contributed by atoms with Crippen molar-refractivity contribution in [3.05, 3.63) is 0 Å². The molecule has 0 aromatic heterocycles. The van der Waals surface area contributed by atoms with Gasteiger partial charge in [0.1, 0.15) is 0 Å². The first kappa shape index (κ1) is 13.9. The molecule has 1 heterocycles. The highest BCUT2D eigenvalue weighted by molar-refractivity contribution is 5.79. The molecule has 0 bridgehead atoms. The van der Waals surface area contributed by atoms with E-state index < -0.39 is 0 Å². The Balaban J connectivity index is 1.96. The summed E-state index contributed by atoms with van der Waals surface area (Å²) in [6.07, 6.45) is 6.40. The van der Waals surface area contributed by atoms with Gasteiger partial charge in [0.15, 0.2) is 0 Å². The van der Waals surface area contributed by atoms with Crippen molar-refractivity contribution in [1.29, 1.82) is 0 Å². The van der Waals surface area contributed by atoms with Crippen LogP contribution in [-0.4, -0.2) is 29.4 Å². The highest BCUT2D eigenvalue weighted by Crippen LogP contribution is 2.33. The molecule has 1 aliphatic carbocycles. The summed E-state index contributed by atoms with van der Waals surface area (Å²) >= 11 is 0. The van der Waals surface area contributed by atoms with Crippen LogP contribution in [0.3, 0.4) is 0 Å². The van der Waals surface area contributed by atoms with Gasteiger partial charge in [-0.15, -0.1) is 0 Å². The van der Waals surface area contributed by atoms with Gasteiger partial charge in [-0.05, 0) is 43.9 Å². The fourth-order valence-corrected chi connectivity index (χ4v) is 3.52. The quantitative estimate of drug-likeness (QED) is 0.821. The van der Waals surface area contributed by atoms with E-state index in [1.54, 1.807) is 0 Å². The van der Waals surface area contributed by atoms with Crippen molar-refractivity contribution >= 4 is 5.91 Å². The lowest BCUT2D eigenvalue weighted by Crippen LogP contribution is -2.41. The number of carbonyl (C=O) groups is 1. The van der Waals surface area contributed by atoms with Crippen molar-refractivity contribution in [2.45, 2.75) is 71.4 Å². The smallest absolute Gasteiger partial charge is 0.225 e. The molecule has 1 amide bonds. The van der Waals surface area contributed by atoms with Crippen LogP contribution in [0.2, 0.25) is 0 Å². The van der Waals surface area contributed by atoms with Crippen LogP contribution in [0.25, 0.3) is 0 Å². The maximum absolute atomic E-state index is 12.6. The second-order valence-corrected chi connectivity index (χ2v) is 7.36. The lowest BCUT2D eigenvalue weighted by atomic mass is 9.87. The van der Waals surface area contributed by atoms with Gasteiger partial charge in [-0.25, -0.2) is 0 Å². The largest absolute Gasteiger partial charge is 0.339 e. The van der Waals surface area contributed by atoms with E-state index in [2.05, 4.69) is 25.7 Å². The Morgan fingerprint density at radius 1 is 1.28 bits per heavy atom. The fourth-order valence-electron chi connectivity index (χ4n) is 3.52. The van der Waals surface area contributed by atoms with Crippen LogP contribution in [0.5, 0.6) is 0 Å². The van der Waals surface area contributed by atoms with Gasteiger partial charge in [0.2, 0.25) is 5.91 Å². The second-order valence-electron chi connectivity index (χ2n) is 7.36. The van der Waals surface area contributed by atoms with Crippen LogP contribution in [0.1, 0.15) is 59.3 Å². The first-order valence-electron chi connectivity index (χ1n) is 7.43. The van der Waals surface area contributed by atoms with Crippen molar-refractivity contribution in [1.82, 2.24) is 4.90 Å². The van der Waals surface area contributed by atoms with Gasteiger partial charge >= 0.3 is 0 Å². The topological polar surface area (TPSA) is 46.3 Å². The van der Waals surface area contributed by atoms with Gasteiger partial charge in [-0.2, -0.15) is 0 Å². The highest BCUT2D eigenvalue weighted by atomic mass is 16.2. The first-order chi connectivity index (χ1) is 8.37. The standard InChI is InChI=1S/C15H28N2O/c1-15(2,3)10-13-5-4-8-17(13)14(18)11-6-7-12(16)9-11/h11-13H,4-10,16H2,1-3H3/t11-,12-,13+/m1/s1. The summed E-state index contributed by atoms with van der Waals surface area (Å²) in [5.41, 5.74) is 6.23. The van der Waals surface area contributed by atoms with Gasteiger partial charge in [-0.1, -0.05) is 20.8 Å². The second kappa shape index (κ2) is 5.20. The third-order valence-electron chi connectivity index (χ3n) is 4.33. The van der Waals surface area contributed by atoms with Crippen LogP contribution in [0.15, 0.2) is 0 Å². The lowest BCUT2D eigenvalue weighted by Gasteiger charge is -2.32. The maximum Gasteiger partial charge on any atom is 0.225 e. The van der Waals surface area contributed by atoms with Gasteiger partial charge in [-0.3, -0.25) is 4.79 Å². The lowest BCUT2D eigenvalue weighted by molar-refractivity contribution is -0.136. The Morgan fingerprint density at radius 3 is 2.56 bits per heavy atom. The molecule has 3 heteroatoms. The van der Waals surface area contributed by atoms with E-state index in [-0.39, 0.29) is 12.0 Å². The van der Waals surface area contributed by atoms with Crippen LogP contribution in [-0.2, 0) is 4.79 Å². The van der Waals surface area contributed by atoms with E-state index >= 15 is 0 Å². The molecular formula is C15H28N2O. The number of carbonyl (C=O) groups excluding carboxylic acids is 1. The summed E-state index contributed by atoms with van der Waals surface area (Å²) in [5, 5.41) is 0. The van der Waals surface area contributed by atoms with Crippen LogP contribution >= 0.6 is 0 Å². The number of amides is 1. The molecule has 1 saturated carbocycles. The average molecular weight is 252 g/mol. The Bertz CT molecular complexity index is 308. The molecule has 0 radical (unpaired) electrons. The number of hydrogen-bond acceptors (Lipinski definition) is 2. The van der Waals surface area contributed by atoms with Crippen LogP contribution in [0.4, 0.5) is 0 Å². The minimum Gasteiger partial charge on any atom is -0.339 e. The van der Waals surface area contributed by atoms with Crippen molar-refractivity contribution in [2.24, 2.45) is 17.1 Å². The van der Waals surface area contributed by atoms with Crippen LogP contribution < -0.4 is 5.73 Å². The summed E-state index contributed by atoms with van der Waals surface area (Å²) in [6, 6.07) is 0.719. The molecule has 0 aromatic carbocycles. The number of nitrogens with two attached hydrogens (primary N) is 1. The van der Waals surface area contributed by atoms with Crippen molar-refractivity contribution in [3.63, 3.8) is 0 Å². The fraction of sp³-hybridized carbons (Fsp3) is 0.933. The van der Waals surface area contributed by atoms with E-state index in [1.165, 1.54) is 12.8 Å². The van der Waals surface area contributed by atoms with Crippen molar-refractivity contribution in [3.8, 4) is 0 Å². The summed E-state index contributed by atoms with van der Waals surface area (Å²) < 4.78 is 0. The predicted octanol–water partition coefficient (Wildman–Crippen LogP) is 2.54. The van der Waals surface area contributed by atoms with Crippen LogP contribution in [0, 0.1) is 11.3 Å². The number of hydrogen-bond donors (Lipinski definition) is 1. The number of likely N-dealkylation sites (tertiary alicyclic amines) is 1. The van der Waals surface area contributed by atoms with Crippen molar-refractivity contribution in [2.75, 3.05) is 6.54 Å². The number of rotatable bonds is 2. The number of nitrogens with zero attached hydrogens (tertiary/aromatic N) is 1. The minimum absolute atomic E-state index is 0.209. The summed E-state index contributed by atoms with van der Waals surface area (Å²) in [5.74, 6) is 0.593. The highest BCUT2D eigenvalue weighted by Gasteiger charge is 2.37. The molecule has 2 fully saturated rings. The molecule has 2 rings (SSSR count). The monoisotopic (exact) mass is 252 g/mol. The predicted molar refractivity (Wildman–Crippen MR) is 74.1 cm³/mol. The third-order valence-corrected chi connectivity index (χ3v) is 4.33. The van der Waals surface area contributed by atoms with E-state index in [0.717, 1.165) is 32.2 Å². The summed E-state index contributed by atoms with van der Waals surface area (Å²) in [6.45, 7) is 7.75. The molecule has 0 aromatic rings. The Labute approximate surface area is 111 Å². The van der Waals surface area contributed by atoms with Gasteiger partial charge in [0, 0.05) is 24.5 Å². The minimum atomic E-state index is 0.209. The van der Waals surface area contributed by atoms with Gasteiger partial charge < -0.3 is 10.6 Å². The zero-order valence-corrected chi connectivity index (χ0v) is 12.1. The molecule has 3 atom stereocenters. The molecule has 3 nitrogen and oxygen atoms in total. The molecule has 18 heavy (non-hydrogen) atoms. The molecule has 1 aliphatic heterocycles. The van der Waals surface area contributed by atoms with E-state index in [1.807, 2.05) is 0 Å². The summed E-state index contributed by atoms with van der Waals surface area (Å²) in [7, 11) is 0. The Morgan fingerprint density at radius 2 is 2.00 bits per heavy atom. The SMILES string of the molecule is CC(C)(C)C[C@@H]1CCCN1C(=O)[C@@H]1CC[C@@H](N)C1.